The third kappa shape index (κ3) is 0.819. The van der Waals surface area contributed by atoms with Gasteiger partial charge in [-0.2, -0.15) is 0 Å². The Hall–Kier alpha value is -0.360. The minimum absolute atomic E-state index is 0.0131. The molecule has 3 aliphatic heterocycles. The van der Waals surface area contributed by atoms with Crippen molar-refractivity contribution >= 4 is 33.4 Å². The van der Waals surface area contributed by atoms with Gasteiger partial charge in [-0.15, -0.1) is 0 Å². The molecule has 0 radical (unpaired) electrons. The molecule has 2 atom stereocenters. The van der Waals surface area contributed by atoms with E-state index in [9.17, 15) is 9.59 Å². The van der Waals surface area contributed by atoms with Crippen LogP contribution in [-0.2, 0) is 9.59 Å². The molecule has 6 heteroatoms. The predicted molar refractivity (Wildman–Crippen MR) is 48.3 cm³/mol. The highest BCUT2D eigenvalue weighted by molar-refractivity contribution is 8.78. The van der Waals surface area contributed by atoms with Gasteiger partial charge in [0.2, 0.25) is 0 Å². The topological polar surface area (TPSA) is 49.4 Å². The molecule has 3 rings (SSSR count). The number of amides is 2. The van der Waals surface area contributed by atoms with E-state index in [1.54, 1.807) is 14.0 Å². The minimum Gasteiger partial charge on any atom is -0.332 e. The first-order chi connectivity index (χ1) is 5.55. The summed E-state index contributed by atoms with van der Waals surface area (Å²) in [6, 6.07) is 0. The van der Waals surface area contributed by atoms with Crippen LogP contribution in [0, 0.1) is 0 Å². The largest absolute Gasteiger partial charge is 0.332 e. The molecule has 2 amide bonds. The molecule has 0 aromatic rings. The van der Waals surface area contributed by atoms with Gasteiger partial charge >= 0.3 is 0 Å². The first kappa shape index (κ1) is 8.25. The fourth-order valence-electron chi connectivity index (χ4n) is 1.15. The summed E-state index contributed by atoms with van der Waals surface area (Å²) in [6.07, 6.45) is 0. The second-order valence-electron chi connectivity index (χ2n) is 2.91. The van der Waals surface area contributed by atoms with Crippen molar-refractivity contribution in [2.75, 3.05) is 7.05 Å². The summed E-state index contributed by atoms with van der Waals surface area (Å²) in [7, 11) is 4.53. The van der Waals surface area contributed by atoms with Crippen LogP contribution in [0.1, 0.15) is 6.92 Å². The van der Waals surface area contributed by atoms with Crippen LogP contribution in [0.3, 0.4) is 0 Å². The van der Waals surface area contributed by atoms with Crippen molar-refractivity contribution in [1.82, 2.24) is 10.2 Å². The highest BCUT2D eigenvalue weighted by Crippen LogP contribution is 2.48. The Bertz CT molecular complexity index is 268. The maximum absolute atomic E-state index is 11.4. The van der Waals surface area contributed by atoms with E-state index in [0.717, 1.165) is 0 Å². The van der Waals surface area contributed by atoms with E-state index in [1.165, 1.54) is 26.5 Å². The quantitative estimate of drug-likeness (QED) is 0.565. The van der Waals surface area contributed by atoms with Gasteiger partial charge in [0.15, 0.2) is 10.2 Å². The normalized spacial score (nSPS) is 40.2. The molecule has 1 unspecified atom stereocenters. The number of rotatable bonds is 0. The maximum atomic E-state index is 11.4. The lowest BCUT2D eigenvalue weighted by Crippen LogP contribution is -2.68. The molecule has 1 N–H and O–H groups in total. The number of nitrogens with zero attached hydrogens (tertiary/aromatic N) is 1. The van der Waals surface area contributed by atoms with Crippen molar-refractivity contribution in [3.05, 3.63) is 0 Å². The van der Waals surface area contributed by atoms with Crippen LogP contribution in [0.2, 0.25) is 0 Å². The van der Waals surface area contributed by atoms with Crippen molar-refractivity contribution in [3.63, 3.8) is 0 Å². The van der Waals surface area contributed by atoms with Crippen LogP contribution >= 0.6 is 21.6 Å². The molecule has 0 aliphatic carbocycles. The smallest absolute Gasteiger partial charge is 0.258 e. The summed E-state index contributed by atoms with van der Waals surface area (Å²) in [5, 5.41) is 2.27. The van der Waals surface area contributed by atoms with Gasteiger partial charge in [0.1, 0.15) is 0 Å². The standard InChI is InChI=1S/C6H8N2O2S2/c1-6-5(10)7-3(11-12-6)4(9)8(6)2/h3H,1-2H3,(H,7,10)/t3-,6?/m0/s1. The van der Waals surface area contributed by atoms with Crippen LogP contribution in [-0.4, -0.2) is 34.0 Å². The van der Waals surface area contributed by atoms with Gasteiger partial charge in [0.05, 0.1) is 0 Å². The molecule has 3 saturated heterocycles. The third-order valence-corrected chi connectivity index (χ3v) is 5.42. The fourth-order valence-corrected chi connectivity index (χ4v) is 3.97. The lowest BCUT2D eigenvalue weighted by molar-refractivity contribution is -0.146. The molecule has 0 aromatic heterocycles. The zero-order valence-electron chi connectivity index (χ0n) is 6.66. The summed E-state index contributed by atoms with van der Waals surface area (Å²) >= 11 is 0. The zero-order chi connectivity index (χ0) is 8.93. The SMILES string of the molecule is CN1C(=O)[C@H]2NC(=O)C1(C)SS2. The number of fused-ring (bicyclic) bond motifs is 3. The summed E-state index contributed by atoms with van der Waals surface area (Å²) in [5.41, 5.74) is 0. The number of carbonyl (C=O) groups excluding carboxylic acids is 2. The van der Waals surface area contributed by atoms with Crippen molar-refractivity contribution in [3.8, 4) is 0 Å². The highest BCUT2D eigenvalue weighted by Gasteiger charge is 2.54. The van der Waals surface area contributed by atoms with Crippen molar-refractivity contribution in [2.24, 2.45) is 0 Å². The van der Waals surface area contributed by atoms with Crippen molar-refractivity contribution in [1.29, 1.82) is 0 Å². The van der Waals surface area contributed by atoms with Gasteiger partial charge in [0, 0.05) is 7.05 Å². The summed E-state index contributed by atoms with van der Waals surface area (Å²) in [6.45, 7) is 1.76. The number of hydrogen-bond acceptors (Lipinski definition) is 4. The summed E-state index contributed by atoms with van der Waals surface area (Å²) in [5.74, 6) is -0.0841. The molecule has 0 spiro atoms. The first-order valence-electron chi connectivity index (χ1n) is 3.49. The fraction of sp³-hybridized carbons (Fsp3) is 0.667. The Morgan fingerprint density at radius 2 is 2.25 bits per heavy atom. The maximum Gasteiger partial charge on any atom is 0.258 e. The van der Waals surface area contributed by atoms with Crippen LogP contribution < -0.4 is 5.32 Å². The molecule has 2 bridgehead atoms. The van der Waals surface area contributed by atoms with E-state index in [1.807, 2.05) is 0 Å². The van der Waals surface area contributed by atoms with Gasteiger partial charge in [-0.3, -0.25) is 9.59 Å². The molecule has 66 valence electrons. The first-order valence-corrected chi connectivity index (χ1v) is 5.70. The number of hydrogen-bond donors (Lipinski definition) is 1. The molecular weight excluding hydrogens is 196 g/mol. The number of piperazine rings is 1. The van der Waals surface area contributed by atoms with Gasteiger partial charge < -0.3 is 10.2 Å². The Morgan fingerprint density at radius 3 is 2.75 bits per heavy atom. The summed E-state index contributed by atoms with van der Waals surface area (Å²) < 4.78 is 0. The second kappa shape index (κ2) is 2.32. The Morgan fingerprint density at radius 1 is 1.58 bits per heavy atom. The monoisotopic (exact) mass is 204 g/mol. The van der Waals surface area contributed by atoms with Crippen LogP contribution in [0.15, 0.2) is 0 Å². The lowest BCUT2D eigenvalue weighted by atomic mass is 10.2. The Kier molecular flexibility index (Phi) is 1.60. The zero-order valence-corrected chi connectivity index (χ0v) is 8.29. The summed E-state index contributed by atoms with van der Waals surface area (Å²) in [4.78, 5) is 23.6. The number of likely N-dealkylation sites (N-methyl/N-ethyl adjacent to an activating group) is 1. The predicted octanol–water partition coefficient (Wildman–Crippen LogP) is 0.0119. The van der Waals surface area contributed by atoms with E-state index in [0.29, 0.717) is 0 Å². The molecule has 3 aliphatic rings. The van der Waals surface area contributed by atoms with E-state index in [2.05, 4.69) is 5.32 Å². The van der Waals surface area contributed by atoms with Crippen LogP contribution in [0.25, 0.3) is 0 Å². The van der Waals surface area contributed by atoms with Gasteiger partial charge in [-0.1, -0.05) is 21.6 Å². The average molecular weight is 204 g/mol. The van der Waals surface area contributed by atoms with Gasteiger partial charge in [0.25, 0.3) is 11.8 Å². The number of nitrogens with one attached hydrogen (secondary N) is 1. The molecule has 3 heterocycles. The van der Waals surface area contributed by atoms with Gasteiger partial charge in [-0.05, 0) is 6.92 Å². The van der Waals surface area contributed by atoms with Crippen molar-refractivity contribution in [2.45, 2.75) is 17.2 Å². The average Bonchev–Trinajstić information content (AvgIpc) is 2.04. The van der Waals surface area contributed by atoms with Crippen LogP contribution in [0.4, 0.5) is 0 Å². The van der Waals surface area contributed by atoms with E-state index < -0.39 is 4.87 Å². The minimum atomic E-state index is -0.712. The molecule has 3 fully saturated rings. The Labute approximate surface area is 77.8 Å². The molecule has 12 heavy (non-hydrogen) atoms. The number of carbonyl (C=O) groups is 2. The molecule has 0 saturated carbocycles. The van der Waals surface area contributed by atoms with Crippen LogP contribution in [0.5, 0.6) is 0 Å². The van der Waals surface area contributed by atoms with E-state index in [4.69, 9.17) is 0 Å². The van der Waals surface area contributed by atoms with Crippen molar-refractivity contribution < 1.29 is 9.59 Å². The van der Waals surface area contributed by atoms with Gasteiger partial charge in [-0.25, -0.2) is 0 Å². The molecule has 4 nitrogen and oxygen atoms in total. The Balaban J connectivity index is 2.41. The van der Waals surface area contributed by atoms with E-state index in [-0.39, 0.29) is 17.2 Å². The molecule has 0 aromatic carbocycles. The second-order valence-corrected chi connectivity index (χ2v) is 5.62. The highest BCUT2D eigenvalue weighted by atomic mass is 33.1. The lowest BCUT2D eigenvalue weighted by Gasteiger charge is -2.47. The van der Waals surface area contributed by atoms with E-state index >= 15 is 0 Å². The molecular formula is C6H8N2O2S2. The third-order valence-electron chi connectivity index (χ3n) is 2.19.